The zero-order valence-corrected chi connectivity index (χ0v) is 14.9. The lowest BCUT2D eigenvalue weighted by Crippen LogP contribution is -2.10. The summed E-state index contributed by atoms with van der Waals surface area (Å²) in [6.45, 7) is 7.46. The van der Waals surface area contributed by atoms with Crippen LogP contribution in [0.2, 0.25) is 0 Å². The van der Waals surface area contributed by atoms with Crippen LogP contribution in [0.3, 0.4) is 0 Å². The van der Waals surface area contributed by atoms with E-state index in [1.165, 1.54) is 33.2 Å². The van der Waals surface area contributed by atoms with Gasteiger partial charge in [0.05, 0.1) is 7.11 Å². The summed E-state index contributed by atoms with van der Waals surface area (Å²) in [4.78, 5) is 0. The van der Waals surface area contributed by atoms with Crippen molar-refractivity contribution in [1.82, 2.24) is 0 Å². The quantitative estimate of drug-likeness (QED) is 0.653. The van der Waals surface area contributed by atoms with Crippen molar-refractivity contribution in [3.63, 3.8) is 0 Å². The van der Waals surface area contributed by atoms with Gasteiger partial charge in [-0.3, -0.25) is 0 Å². The first-order valence-corrected chi connectivity index (χ1v) is 8.45. The molecule has 0 aliphatic heterocycles. The van der Waals surface area contributed by atoms with Gasteiger partial charge in [0.2, 0.25) is 0 Å². The number of anilines is 1. The molecule has 24 heavy (non-hydrogen) atoms. The van der Waals surface area contributed by atoms with Gasteiger partial charge in [-0.2, -0.15) is 0 Å². The Bertz CT molecular complexity index is 833. The summed E-state index contributed by atoms with van der Waals surface area (Å²) in [6.07, 6.45) is 0. The molecule has 0 aliphatic rings. The van der Waals surface area contributed by atoms with Crippen molar-refractivity contribution in [3.8, 4) is 5.75 Å². The zero-order chi connectivity index (χ0) is 17.1. The third-order valence-electron chi connectivity index (χ3n) is 4.47. The van der Waals surface area contributed by atoms with Gasteiger partial charge in [0.15, 0.2) is 0 Å². The lowest BCUT2D eigenvalue weighted by Gasteiger charge is -2.16. The van der Waals surface area contributed by atoms with Crippen molar-refractivity contribution in [2.45, 2.75) is 26.7 Å². The van der Waals surface area contributed by atoms with E-state index in [9.17, 15) is 0 Å². The molecular formula is C22H25NO. The third-order valence-corrected chi connectivity index (χ3v) is 4.47. The van der Waals surface area contributed by atoms with Crippen LogP contribution in [0.1, 0.15) is 29.5 Å². The van der Waals surface area contributed by atoms with Crippen molar-refractivity contribution < 1.29 is 4.74 Å². The van der Waals surface area contributed by atoms with Crippen LogP contribution in [0.4, 0.5) is 5.69 Å². The van der Waals surface area contributed by atoms with Gasteiger partial charge in [-0.1, -0.05) is 37.3 Å². The molecule has 1 N–H and O–H groups in total. The maximum atomic E-state index is 5.30. The second kappa shape index (κ2) is 6.96. The Hall–Kier alpha value is -2.48. The van der Waals surface area contributed by atoms with Crippen molar-refractivity contribution in [2.75, 3.05) is 19.0 Å². The van der Waals surface area contributed by atoms with Gasteiger partial charge in [-0.15, -0.1) is 0 Å². The molecule has 0 aliphatic carbocycles. The molecule has 0 spiro atoms. The number of hydrogen-bond acceptors (Lipinski definition) is 2. The molecule has 0 fully saturated rings. The molecule has 0 bridgehead atoms. The summed E-state index contributed by atoms with van der Waals surface area (Å²) >= 11 is 0. The van der Waals surface area contributed by atoms with E-state index >= 15 is 0 Å². The fourth-order valence-corrected chi connectivity index (χ4v) is 3.14. The largest absolute Gasteiger partial charge is 0.497 e. The maximum absolute atomic E-state index is 5.30. The van der Waals surface area contributed by atoms with Crippen LogP contribution in [-0.4, -0.2) is 13.7 Å². The first-order valence-electron chi connectivity index (χ1n) is 8.45. The molecule has 0 aromatic heterocycles. The summed E-state index contributed by atoms with van der Waals surface area (Å²) < 4.78 is 5.30. The Morgan fingerprint density at radius 2 is 1.54 bits per heavy atom. The Labute approximate surface area is 144 Å². The molecule has 0 heterocycles. The molecule has 1 unspecified atom stereocenters. The molecule has 0 saturated heterocycles. The molecule has 2 nitrogen and oxygen atoms in total. The number of benzene rings is 3. The number of ether oxygens (including phenoxy) is 1. The fraction of sp³-hybridized carbons (Fsp3) is 0.273. The Balaban J connectivity index is 1.74. The third kappa shape index (κ3) is 3.70. The molecule has 3 rings (SSSR count). The molecule has 2 heteroatoms. The molecule has 124 valence electrons. The van der Waals surface area contributed by atoms with E-state index in [2.05, 4.69) is 74.6 Å². The Morgan fingerprint density at radius 3 is 2.25 bits per heavy atom. The fourth-order valence-electron chi connectivity index (χ4n) is 3.14. The van der Waals surface area contributed by atoms with Gasteiger partial charge in [0.25, 0.3) is 0 Å². The summed E-state index contributed by atoms with van der Waals surface area (Å²) in [5.74, 6) is 1.34. The monoisotopic (exact) mass is 319 g/mol. The van der Waals surface area contributed by atoms with E-state index in [0.29, 0.717) is 5.92 Å². The first-order chi connectivity index (χ1) is 11.5. The average molecular weight is 319 g/mol. The standard InChI is InChI=1S/C22H25NO/c1-15-9-16(2)11-21(10-15)23-14-17(3)18-5-6-20-13-22(24-4)8-7-19(20)12-18/h5-13,17,23H,14H2,1-4H3. The van der Waals surface area contributed by atoms with Crippen LogP contribution >= 0.6 is 0 Å². The Morgan fingerprint density at radius 1 is 0.875 bits per heavy atom. The van der Waals surface area contributed by atoms with Crippen LogP contribution < -0.4 is 10.1 Å². The molecular weight excluding hydrogens is 294 g/mol. The molecule has 0 radical (unpaired) electrons. The van der Waals surface area contributed by atoms with Crippen molar-refractivity contribution in [3.05, 3.63) is 71.3 Å². The van der Waals surface area contributed by atoms with Crippen LogP contribution in [0.15, 0.2) is 54.6 Å². The summed E-state index contributed by atoms with van der Waals surface area (Å²) in [5, 5.41) is 6.04. The van der Waals surface area contributed by atoms with E-state index in [4.69, 9.17) is 4.74 Å². The van der Waals surface area contributed by atoms with Gasteiger partial charge < -0.3 is 10.1 Å². The highest BCUT2D eigenvalue weighted by Gasteiger charge is 2.07. The van der Waals surface area contributed by atoms with Crippen LogP contribution in [0.5, 0.6) is 5.75 Å². The molecule has 3 aromatic rings. The highest BCUT2D eigenvalue weighted by Crippen LogP contribution is 2.25. The number of rotatable bonds is 5. The number of aryl methyl sites for hydroxylation is 2. The zero-order valence-electron chi connectivity index (χ0n) is 14.9. The number of fused-ring (bicyclic) bond motifs is 1. The van der Waals surface area contributed by atoms with E-state index < -0.39 is 0 Å². The predicted molar refractivity (Wildman–Crippen MR) is 103 cm³/mol. The summed E-state index contributed by atoms with van der Waals surface area (Å²) in [5.41, 5.74) is 5.14. The SMILES string of the molecule is COc1ccc2cc(C(C)CNc3cc(C)cc(C)c3)ccc2c1. The van der Waals surface area contributed by atoms with Crippen LogP contribution in [0, 0.1) is 13.8 Å². The van der Waals surface area contributed by atoms with E-state index in [-0.39, 0.29) is 0 Å². The minimum Gasteiger partial charge on any atom is -0.497 e. The van der Waals surface area contributed by atoms with Crippen molar-refractivity contribution in [2.24, 2.45) is 0 Å². The van der Waals surface area contributed by atoms with Gasteiger partial charge in [-0.25, -0.2) is 0 Å². The predicted octanol–water partition coefficient (Wildman–Crippen LogP) is 5.68. The first kappa shape index (κ1) is 16.4. The lowest BCUT2D eigenvalue weighted by molar-refractivity contribution is 0.415. The lowest BCUT2D eigenvalue weighted by atomic mass is 9.97. The summed E-state index contributed by atoms with van der Waals surface area (Å²) in [7, 11) is 1.70. The smallest absolute Gasteiger partial charge is 0.119 e. The van der Waals surface area contributed by atoms with E-state index in [0.717, 1.165) is 12.3 Å². The van der Waals surface area contributed by atoms with E-state index in [1.807, 2.05) is 6.07 Å². The average Bonchev–Trinajstić information content (AvgIpc) is 2.58. The highest BCUT2D eigenvalue weighted by molar-refractivity contribution is 5.84. The second-order valence-corrected chi connectivity index (χ2v) is 6.63. The van der Waals surface area contributed by atoms with E-state index in [1.54, 1.807) is 7.11 Å². The van der Waals surface area contributed by atoms with Gasteiger partial charge in [0.1, 0.15) is 5.75 Å². The normalized spacial score (nSPS) is 12.2. The number of methoxy groups -OCH3 is 1. The van der Waals surface area contributed by atoms with Crippen molar-refractivity contribution in [1.29, 1.82) is 0 Å². The maximum Gasteiger partial charge on any atom is 0.119 e. The second-order valence-electron chi connectivity index (χ2n) is 6.63. The Kier molecular flexibility index (Phi) is 4.75. The minimum atomic E-state index is 0.442. The van der Waals surface area contributed by atoms with Gasteiger partial charge in [0, 0.05) is 12.2 Å². The number of nitrogens with one attached hydrogen (secondary N) is 1. The molecule has 1 atom stereocenters. The van der Waals surface area contributed by atoms with Gasteiger partial charge in [-0.05, 0) is 71.5 Å². The highest BCUT2D eigenvalue weighted by atomic mass is 16.5. The van der Waals surface area contributed by atoms with Crippen LogP contribution in [-0.2, 0) is 0 Å². The molecule has 3 aromatic carbocycles. The summed E-state index contributed by atoms with van der Waals surface area (Å²) in [6, 6.07) is 19.5. The van der Waals surface area contributed by atoms with Crippen LogP contribution in [0.25, 0.3) is 10.8 Å². The van der Waals surface area contributed by atoms with Gasteiger partial charge >= 0.3 is 0 Å². The molecule has 0 amide bonds. The van der Waals surface area contributed by atoms with Crippen molar-refractivity contribution >= 4 is 16.5 Å². The minimum absolute atomic E-state index is 0.442. The topological polar surface area (TPSA) is 21.3 Å². The molecule has 0 saturated carbocycles. The number of hydrogen-bond donors (Lipinski definition) is 1.